The fraction of sp³-hybridized carbons (Fsp3) is 0.500. The zero-order valence-corrected chi connectivity index (χ0v) is 11.8. The molecule has 1 fully saturated rings. The molecule has 2 N–H and O–H groups in total. The molecule has 114 valence electrons. The largest absolute Gasteiger partial charge is 0.338 e. The summed E-state index contributed by atoms with van der Waals surface area (Å²) in [5, 5.41) is 10.6. The van der Waals surface area contributed by atoms with E-state index in [1.807, 2.05) is 6.92 Å². The van der Waals surface area contributed by atoms with Crippen LogP contribution in [0, 0.1) is 21.8 Å². The number of nitro groups is 1. The number of carbonyl (C=O) groups is 1. The lowest BCUT2D eigenvalue weighted by Crippen LogP contribution is -2.49. The van der Waals surface area contributed by atoms with E-state index in [9.17, 15) is 19.3 Å². The second-order valence-electron chi connectivity index (χ2n) is 5.29. The van der Waals surface area contributed by atoms with Crippen molar-refractivity contribution < 1.29 is 14.1 Å². The van der Waals surface area contributed by atoms with Crippen molar-refractivity contribution in [3.63, 3.8) is 0 Å². The van der Waals surface area contributed by atoms with E-state index < -0.39 is 16.6 Å². The van der Waals surface area contributed by atoms with Crippen LogP contribution in [0.5, 0.6) is 0 Å². The molecule has 1 amide bonds. The van der Waals surface area contributed by atoms with Gasteiger partial charge in [0.25, 0.3) is 11.6 Å². The van der Waals surface area contributed by atoms with Crippen molar-refractivity contribution in [2.45, 2.75) is 25.8 Å². The van der Waals surface area contributed by atoms with Crippen LogP contribution in [0.1, 0.15) is 30.1 Å². The Hall–Kier alpha value is -2.02. The minimum atomic E-state index is -0.864. The summed E-state index contributed by atoms with van der Waals surface area (Å²) in [5.41, 5.74) is 5.49. The molecule has 2 atom stereocenters. The van der Waals surface area contributed by atoms with Crippen LogP contribution in [0.4, 0.5) is 10.1 Å². The molecule has 0 aromatic heterocycles. The van der Waals surface area contributed by atoms with Crippen molar-refractivity contribution in [2.75, 3.05) is 13.1 Å². The van der Waals surface area contributed by atoms with Crippen LogP contribution in [0.15, 0.2) is 18.2 Å². The maximum absolute atomic E-state index is 13.9. The number of piperidine rings is 1. The van der Waals surface area contributed by atoms with Crippen LogP contribution in [-0.4, -0.2) is 34.9 Å². The summed E-state index contributed by atoms with van der Waals surface area (Å²) in [6.07, 6.45) is 1.53. The molecule has 1 aliphatic rings. The van der Waals surface area contributed by atoms with Crippen LogP contribution >= 0.6 is 0 Å². The Morgan fingerprint density at radius 3 is 2.86 bits per heavy atom. The summed E-state index contributed by atoms with van der Waals surface area (Å²) >= 11 is 0. The molecule has 1 saturated heterocycles. The second kappa shape index (κ2) is 6.17. The zero-order valence-electron chi connectivity index (χ0n) is 11.8. The molecule has 1 aliphatic heterocycles. The number of nitro benzene ring substituents is 1. The van der Waals surface area contributed by atoms with Gasteiger partial charge in [-0.25, -0.2) is 4.39 Å². The maximum Gasteiger partial charge on any atom is 0.272 e. The van der Waals surface area contributed by atoms with E-state index in [0.29, 0.717) is 19.5 Å². The van der Waals surface area contributed by atoms with Gasteiger partial charge in [0.05, 0.1) is 16.6 Å². The lowest BCUT2D eigenvalue weighted by molar-refractivity contribution is -0.385. The van der Waals surface area contributed by atoms with Gasteiger partial charge in [0.2, 0.25) is 0 Å². The molecule has 1 aromatic rings. The minimum Gasteiger partial charge on any atom is -0.338 e. The third-order valence-corrected chi connectivity index (χ3v) is 4.00. The topological polar surface area (TPSA) is 89.5 Å². The normalized spacial score (nSPS) is 22.1. The molecule has 2 rings (SSSR count). The fourth-order valence-electron chi connectivity index (χ4n) is 2.63. The number of carbonyl (C=O) groups excluding carboxylic acids is 1. The first-order valence-electron chi connectivity index (χ1n) is 6.92. The van der Waals surface area contributed by atoms with Crippen molar-refractivity contribution in [2.24, 2.45) is 11.7 Å². The number of amides is 1. The number of nitrogens with zero attached hydrogens (tertiary/aromatic N) is 2. The quantitative estimate of drug-likeness (QED) is 0.681. The number of halogens is 1. The van der Waals surface area contributed by atoms with Crippen LogP contribution in [0.25, 0.3) is 0 Å². The van der Waals surface area contributed by atoms with Gasteiger partial charge in [-0.3, -0.25) is 14.9 Å². The molecule has 1 aromatic carbocycles. The van der Waals surface area contributed by atoms with Crippen LogP contribution in [-0.2, 0) is 0 Å². The van der Waals surface area contributed by atoms with Crippen molar-refractivity contribution in [1.82, 2.24) is 4.90 Å². The summed E-state index contributed by atoms with van der Waals surface area (Å²) in [5.74, 6) is -1.10. The Kier molecular flexibility index (Phi) is 4.52. The first-order chi connectivity index (χ1) is 9.93. The Balaban J connectivity index is 2.18. The Labute approximate surface area is 121 Å². The van der Waals surface area contributed by atoms with E-state index in [4.69, 9.17) is 5.73 Å². The predicted molar refractivity (Wildman–Crippen MR) is 75.3 cm³/mol. The van der Waals surface area contributed by atoms with E-state index >= 15 is 0 Å². The smallest absolute Gasteiger partial charge is 0.272 e. The van der Waals surface area contributed by atoms with Crippen molar-refractivity contribution in [3.05, 3.63) is 39.7 Å². The van der Waals surface area contributed by atoms with Gasteiger partial charge in [0.15, 0.2) is 0 Å². The first-order valence-corrected chi connectivity index (χ1v) is 6.92. The number of benzene rings is 1. The second-order valence-corrected chi connectivity index (χ2v) is 5.29. The number of non-ortho nitro benzene ring substituents is 1. The number of nitrogens with two attached hydrogens (primary N) is 1. The summed E-state index contributed by atoms with van der Waals surface area (Å²) in [6, 6.07) is 3.15. The highest BCUT2D eigenvalue weighted by molar-refractivity contribution is 5.94. The Morgan fingerprint density at radius 1 is 1.57 bits per heavy atom. The molecule has 7 heteroatoms. The summed E-state index contributed by atoms with van der Waals surface area (Å²) in [4.78, 5) is 23.8. The Bertz CT molecular complexity index is 564. The third-order valence-electron chi connectivity index (χ3n) is 4.00. The number of hydrogen-bond acceptors (Lipinski definition) is 4. The molecular weight excluding hydrogens is 277 g/mol. The highest BCUT2D eigenvalue weighted by atomic mass is 19.1. The van der Waals surface area contributed by atoms with Gasteiger partial charge in [-0.1, -0.05) is 13.3 Å². The van der Waals surface area contributed by atoms with Gasteiger partial charge in [0.1, 0.15) is 5.82 Å². The highest BCUT2D eigenvalue weighted by Gasteiger charge is 2.30. The Morgan fingerprint density at radius 2 is 2.29 bits per heavy atom. The molecule has 0 radical (unpaired) electrons. The standard InChI is InChI=1S/C14H18FN3O3/c1-2-9-8-17(6-5-13(9)16)14(19)11-4-3-10(18(20)21)7-12(11)15/h3-4,7,9,13H,2,5-6,8,16H2,1H3. The molecule has 0 spiro atoms. The average Bonchev–Trinajstić information content (AvgIpc) is 2.46. The summed E-state index contributed by atoms with van der Waals surface area (Å²) in [7, 11) is 0. The van der Waals surface area contributed by atoms with Gasteiger partial charge in [0, 0.05) is 25.2 Å². The third kappa shape index (κ3) is 3.18. The number of rotatable bonds is 3. The van der Waals surface area contributed by atoms with Gasteiger partial charge in [-0.05, 0) is 18.4 Å². The lowest BCUT2D eigenvalue weighted by Gasteiger charge is -2.36. The molecule has 0 bridgehead atoms. The van der Waals surface area contributed by atoms with E-state index in [2.05, 4.69) is 0 Å². The van der Waals surface area contributed by atoms with Gasteiger partial charge in [-0.2, -0.15) is 0 Å². The molecule has 6 nitrogen and oxygen atoms in total. The van der Waals surface area contributed by atoms with Crippen molar-refractivity contribution in [3.8, 4) is 0 Å². The molecule has 2 unspecified atom stereocenters. The summed E-state index contributed by atoms with van der Waals surface area (Å²) in [6.45, 7) is 2.98. The maximum atomic E-state index is 13.9. The molecular formula is C14H18FN3O3. The van der Waals surface area contributed by atoms with Gasteiger partial charge < -0.3 is 10.6 Å². The van der Waals surface area contributed by atoms with Crippen LogP contribution in [0.2, 0.25) is 0 Å². The molecule has 0 saturated carbocycles. The van der Waals surface area contributed by atoms with E-state index in [1.54, 1.807) is 4.90 Å². The van der Waals surface area contributed by atoms with Crippen LogP contribution in [0.3, 0.4) is 0 Å². The average molecular weight is 295 g/mol. The monoisotopic (exact) mass is 295 g/mol. The summed E-state index contributed by atoms with van der Waals surface area (Å²) < 4.78 is 13.9. The molecule has 21 heavy (non-hydrogen) atoms. The number of likely N-dealkylation sites (tertiary alicyclic amines) is 1. The molecule has 0 aliphatic carbocycles. The van der Waals surface area contributed by atoms with E-state index in [-0.39, 0.29) is 23.2 Å². The number of hydrogen-bond donors (Lipinski definition) is 1. The first kappa shape index (κ1) is 15.4. The SMILES string of the molecule is CCC1CN(C(=O)c2ccc([N+](=O)[O-])cc2F)CCC1N. The molecule has 1 heterocycles. The van der Waals surface area contributed by atoms with Gasteiger partial charge in [-0.15, -0.1) is 0 Å². The highest BCUT2D eigenvalue weighted by Crippen LogP contribution is 2.23. The van der Waals surface area contributed by atoms with Crippen LogP contribution < -0.4 is 5.73 Å². The van der Waals surface area contributed by atoms with E-state index in [0.717, 1.165) is 18.6 Å². The zero-order chi connectivity index (χ0) is 15.6. The fourth-order valence-corrected chi connectivity index (χ4v) is 2.63. The van der Waals surface area contributed by atoms with Crippen molar-refractivity contribution >= 4 is 11.6 Å². The van der Waals surface area contributed by atoms with E-state index in [1.165, 1.54) is 6.07 Å². The predicted octanol–water partition coefficient (Wildman–Crippen LogP) is 1.93. The van der Waals surface area contributed by atoms with Crippen molar-refractivity contribution in [1.29, 1.82) is 0 Å². The van der Waals surface area contributed by atoms with Gasteiger partial charge >= 0.3 is 0 Å². The minimum absolute atomic E-state index is 0.0563. The lowest BCUT2D eigenvalue weighted by atomic mass is 9.90.